The molecule has 0 aliphatic heterocycles. The van der Waals surface area contributed by atoms with Gasteiger partial charge in [-0.3, -0.25) is 4.98 Å². The van der Waals surface area contributed by atoms with Crippen LogP contribution in [-0.4, -0.2) is 4.98 Å². The molecule has 0 fully saturated rings. The number of anilines is 1. The van der Waals surface area contributed by atoms with Gasteiger partial charge < -0.3 is 5.32 Å². The molecular weight excluding hydrogens is 255 g/mol. The highest BCUT2D eigenvalue weighted by Gasteiger charge is 2.01. The predicted octanol–water partition coefficient (Wildman–Crippen LogP) is 4.31. The van der Waals surface area contributed by atoms with Gasteiger partial charge in [-0.1, -0.05) is 29.3 Å². The van der Waals surface area contributed by atoms with Gasteiger partial charge in [0.2, 0.25) is 0 Å². The third-order valence-electron chi connectivity index (χ3n) is 2.51. The van der Waals surface area contributed by atoms with Crippen LogP contribution in [0.1, 0.15) is 11.1 Å². The van der Waals surface area contributed by atoms with E-state index in [1.54, 1.807) is 12.4 Å². The van der Waals surface area contributed by atoms with E-state index in [9.17, 15) is 0 Å². The van der Waals surface area contributed by atoms with Crippen molar-refractivity contribution in [3.8, 4) is 0 Å². The summed E-state index contributed by atoms with van der Waals surface area (Å²) >= 11 is 12.1. The lowest BCUT2D eigenvalue weighted by atomic mass is 10.2. The van der Waals surface area contributed by atoms with Crippen LogP contribution in [0.5, 0.6) is 0 Å². The van der Waals surface area contributed by atoms with E-state index in [1.165, 1.54) is 0 Å². The topological polar surface area (TPSA) is 24.9 Å². The lowest BCUT2D eigenvalue weighted by molar-refractivity contribution is 1.13. The average Bonchev–Trinajstić information content (AvgIpc) is 2.32. The van der Waals surface area contributed by atoms with Gasteiger partial charge in [0.15, 0.2) is 0 Å². The van der Waals surface area contributed by atoms with Crippen molar-refractivity contribution in [3.63, 3.8) is 0 Å². The number of hydrogen-bond acceptors (Lipinski definition) is 2. The summed E-state index contributed by atoms with van der Waals surface area (Å²) < 4.78 is 0. The number of benzene rings is 1. The summed E-state index contributed by atoms with van der Waals surface area (Å²) in [5.74, 6) is 0. The van der Waals surface area contributed by atoms with Crippen molar-refractivity contribution in [1.82, 2.24) is 4.98 Å². The molecule has 0 radical (unpaired) electrons. The molecule has 1 N–H and O–H groups in total. The standard InChI is InChI=1S/C13H12Cl2N2/c1-9-2-3-11(6-12(9)14)17-7-10-4-5-16-8-13(10)15/h2-6,8,17H,7H2,1H3. The predicted molar refractivity (Wildman–Crippen MR) is 72.8 cm³/mol. The Labute approximate surface area is 111 Å². The van der Waals surface area contributed by atoms with Crippen LogP contribution in [0, 0.1) is 6.92 Å². The van der Waals surface area contributed by atoms with Crippen LogP contribution in [0.25, 0.3) is 0 Å². The first kappa shape index (κ1) is 12.2. The van der Waals surface area contributed by atoms with Crippen molar-refractivity contribution in [1.29, 1.82) is 0 Å². The largest absolute Gasteiger partial charge is 0.381 e. The zero-order valence-corrected chi connectivity index (χ0v) is 10.9. The fourth-order valence-corrected chi connectivity index (χ4v) is 1.81. The van der Waals surface area contributed by atoms with E-state index in [2.05, 4.69) is 10.3 Å². The maximum atomic E-state index is 6.05. The monoisotopic (exact) mass is 266 g/mol. The Kier molecular flexibility index (Phi) is 3.87. The van der Waals surface area contributed by atoms with Crippen LogP contribution in [0.15, 0.2) is 36.7 Å². The number of aryl methyl sites for hydroxylation is 1. The Hall–Kier alpha value is -1.25. The molecule has 1 heterocycles. The molecule has 0 bridgehead atoms. The fourth-order valence-electron chi connectivity index (χ4n) is 1.45. The first-order chi connectivity index (χ1) is 8.16. The maximum absolute atomic E-state index is 6.05. The molecule has 0 atom stereocenters. The van der Waals surface area contributed by atoms with E-state index in [-0.39, 0.29) is 0 Å². The Balaban J connectivity index is 2.08. The highest BCUT2D eigenvalue weighted by Crippen LogP contribution is 2.21. The van der Waals surface area contributed by atoms with Gasteiger partial charge in [-0.25, -0.2) is 0 Å². The normalized spacial score (nSPS) is 10.3. The van der Waals surface area contributed by atoms with E-state index >= 15 is 0 Å². The van der Waals surface area contributed by atoms with Crippen LogP contribution >= 0.6 is 23.2 Å². The molecule has 2 nitrogen and oxygen atoms in total. The van der Waals surface area contributed by atoms with Crippen molar-refractivity contribution in [2.45, 2.75) is 13.5 Å². The van der Waals surface area contributed by atoms with E-state index in [0.717, 1.165) is 21.8 Å². The molecule has 0 saturated heterocycles. The van der Waals surface area contributed by atoms with E-state index in [1.807, 2.05) is 31.2 Å². The second-order valence-corrected chi connectivity index (χ2v) is 4.60. The van der Waals surface area contributed by atoms with Gasteiger partial charge in [0, 0.05) is 29.6 Å². The third-order valence-corrected chi connectivity index (χ3v) is 3.26. The van der Waals surface area contributed by atoms with Crippen molar-refractivity contribution in [3.05, 3.63) is 57.8 Å². The number of nitrogens with one attached hydrogen (secondary N) is 1. The highest BCUT2D eigenvalue weighted by atomic mass is 35.5. The van der Waals surface area contributed by atoms with Crippen molar-refractivity contribution in [2.75, 3.05) is 5.32 Å². The quantitative estimate of drug-likeness (QED) is 0.896. The van der Waals surface area contributed by atoms with Crippen LogP contribution < -0.4 is 5.32 Å². The van der Waals surface area contributed by atoms with E-state index in [4.69, 9.17) is 23.2 Å². The summed E-state index contributed by atoms with van der Waals surface area (Å²) in [5.41, 5.74) is 3.06. The van der Waals surface area contributed by atoms with Crippen molar-refractivity contribution >= 4 is 28.9 Å². The first-order valence-corrected chi connectivity index (χ1v) is 6.01. The number of nitrogens with zero attached hydrogens (tertiary/aromatic N) is 1. The Morgan fingerprint density at radius 1 is 1.18 bits per heavy atom. The third kappa shape index (κ3) is 3.11. The second-order valence-electron chi connectivity index (χ2n) is 3.78. The highest BCUT2D eigenvalue weighted by molar-refractivity contribution is 6.31. The molecule has 0 aliphatic carbocycles. The SMILES string of the molecule is Cc1ccc(NCc2ccncc2Cl)cc1Cl. The molecule has 1 aromatic heterocycles. The van der Waals surface area contributed by atoms with Crippen LogP contribution in [0.4, 0.5) is 5.69 Å². The Bertz CT molecular complexity index is 527. The molecule has 0 saturated carbocycles. The molecule has 88 valence electrons. The van der Waals surface area contributed by atoms with Crippen molar-refractivity contribution < 1.29 is 0 Å². The molecule has 2 aromatic rings. The maximum Gasteiger partial charge on any atom is 0.0639 e. The molecule has 17 heavy (non-hydrogen) atoms. The summed E-state index contributed by atoms with van der Waals surface area (Å²) in [6, 6.07) is 7.78. The molecule has 4 heteroatoms. The minimum absolute atomic E-state index is 0.654. The average molecular weight is 267 g/mol. The first-order valence-electron chi connectivity index (χ1n) is 5.25. The van der Waals surface area contributed by atoms with Gasteiger partial charge in [-0.15, -0.1) is 0 Å². The van der Waals surface area contributed by atoms with Gasteiger partial charge in [-0.2, -0.15) is 0 Å². The minimum atomic E-state index is 0.654. The molecule has 0 unspecified atom stereocenters. The van der Waals surface area contributed by atoms with Crippen LogP contribution in [0.3, 0.4) is 0 Å². The van der Waals surface area contributed by atoms with Crippen LogP contribution in [-0.2, 0) is 6.54 Å². The molecule has 0 aliphatic rings. The zero-order valence-electron chi connectivity index (χ0n) is 9.37. The van der Waals surface area contributed by atoms with Gasteiger partial charge in [-0.05, 0) is 36.2 Å². The lowest BCUT2D eigenvalue weighted by Crippen LogP contribution is -2.00. The van der Waals surface area contributed by atoms with Crippen molar-refractivity contribution in [2.24, 2.45) is 0 Å². The number of halogens is 2. The summed E-state index contributed by atoms with van der Waals surface area (Å²) in [7, 11) is 0. The second kappa shape index (κ2) is 5.39. The summed E-state index contributed by atoms with van der Waals surface area (Å²) in [4.78, 5) is 3.94. The fraction of sp³-hybridized carbons (Fsp3) is 0.154. The van der Waals surface area contributed by atoms with Gasteiger partial charge in [0.05, 0.1) is 5.02 Å². The van der Waals surface area contributed by atoms with Gasteiger partial charge in [0.1, 0.15) is 0 Å². The summed E-state index contributed by atoms with van der Waals surface area (Å²) in [6.07, 6.45) is 3.37. The smallest absolute Gasteiger partial charge is 0.0639 e. The number of aromatic nitrogens is 1. The van der Waals surface area contributed by atoms with Crippen LogP contribution in [0.2, 0.25) is 10.0 Å². The molecule has 2 rings (SSSR count). The Morgan fingerprint density at radius 2 is 2.00 bits per heavy atom. The van der Waals surface area contributed by atoms with E-state index in [0.29, 0.717) is 11.6 Å². The zero-order chi connectivity index (χ0) is 12.3. The molecule has 0 amide bonds. The molecule has 0 spiro atoms. The lowest BCUT2D eigenvalue weighted by Gasteiger charge is -2.08. The molecule has 1 aromatic carbocycles. The number of hydrogen-bond donors (Lipinski definition) is 1. The number of pyridine rings is 1. The Morgan fingerprint density at radius 3 is 2.71 bits per heavy atom. The summed E-state index contributed by atoms with van der Waals surface area (Å²) in [6.45, 7) is 2.63. The molecular formula is C13H12Cl2N2. The minimum Gasteiger partial charge on any atom is -0.381 e. The number of rotatable bonds is 3. The van der Waals surface area contributed by atoms with Gasteiger partial charge >= 0.3 is 0 Å². The van der Waals surface area contributed by atoms with E-state index < -0.39 is 0 Å². The summed E-state index contributed by atoms with van der Waals surface area (Å²) in [5, 5.41) is 4.70. The van der Waals surface area contributed by atoms with Gasteiger partial charge in [0.25, 0.3) is 0 Å².